The Bertz CT molecular complexity index is 777. The highest BCUT2D eigenvalue weighted by Gasteiger charge is 2.34. The van der Waals surface area contributed by atoms with Gasteiger partial charge < -0.3 is 19.9 Å². The number of amides is 2. The predicted molar refractivity (Wildman–Crippen MR) is 89.7 cm³/mol. The maximum absolute atomic E-state index is 12.4. The molecule has 3 N–H and O–H groups in total. The molecule has 0 saturated carbocycles. The molecule has 2 aromatic rings. The third-order valence-electron chi connectivity index (χ3n) is 4.30. The number of tetrazole rings is 1. The first-order chi connectivity index (χ1) is 12.5. The number of halogens is 1. The van der Waals surface area contributed by atoms with Crippen LogP contribution in [-0.2, 0) is 11.2 Å². The molecule has 0 radical (unpaired) electrons. The number of rotatable bonds is 5. The van der Waals surface area contributed by atoms with Crippen molar-refractivity contribution >= 4 is 23.4 Å². The van der Waals surface area contributed by atoms with Crippen LogP contribution in [0.5, 0.6) is 0 Å². The molecule has 11 nitrogen and oxygen atoms in total. The van der Waals surface area contributed by atoms with Crippen molar-refractivity contribution in [2.24, 2.45) is 0 Å². The van der Waals surface area contributed by atoms with E-state index in [1.165, 1.54) is 7.11 Å². The van der Waals surface area contributed by atoms with Crippen molar-refractivity contribution in [2.75, 3.05) is 20.2 Å². The summed E-state index contributed by atoms with van der Waals surface area (Å²) in [7, 11) is 1.53. The van der Waals surface area contributed by atoms with E-state index in [1.807, 2.05) is 6.92 Å². The van der Waals surface area contributed by atoms with E-state index in [2.05, 4.69) is 35.9 Å². The molecule has 0 aliphatic carbocycles. The van der Waals surface area contributed by atoms with Crippen molar-refractivity contribution in [3.8, 4) is 0 Å². The van der Waals surface area contributed by atoms with Gasteiger partial charge >= 0.3 is 0 Å². The molecule has 2 atom stereocenters. The summed E-state index contributed by atoms with van der Waals surface area (Å²) in [6.45, 7) is 2.64. The molecular formula is C14H19ClN8O3. The van der Waals surface area contributed by atoms with Gasteiger partial charge in [0, 0.05) is 20.2 Å². The number of nitrogens with zero attached hydrogens (tertiary/aromatic N) is 5. The molecule has 3 heterocycles. The van der Waals surface area contributed by atoms with Crippen LogP contribution in [-0.4, -0.2) is 79.7 Å². The van der Waals surface area contributed by atoms with Gasteiger partial charge in [-0.25, -0.2) is 4.98 Å². The van der Waals surface area contributed by atoms with Crippen LogP contribution in [0.2, 0.25) is 5.15 Å². The number of piperidine rings is 1. The fraction of sp³-hybridized carbons (Fsp3) is 0.571. The summed E-state index contributed by atoms with van der Waals surface area (Å²) in [5.41, 5.74) is 0.709. The van der Waals surface area contributed by atoms with Crippen LogP contribution < -0.4 is 5.32 Å². The molecule has 1 fully saturated rings. The first-order valence-corrected chi connectivity index (χ1v) is 8.52. The van der Waals surface area contributed by atoms with Gasteiger partial charge in [-0.3, -0.25) is 9.59 Å². The molecule has 1 aliphatic heterocycles. The van der Waals surface area contributed by atoms with Crippen molar-refractivity contribution in [1.82, 2.24) is 40.8 Å². The van der Waals surface area contributed by atoms with Crippen LogP contribution >= 0.6 is 11.6 Å². The van der Waals surface area contributed by atoms with E-state index < -0.39 is 0 Å². The minimum atomic E-state index is -0.375. The molecule has 26 heavy (non-hydrogen) atoms. The van der Waals surface area contributed by atoms with Crippen LogP contribution in [0.4, 0.5) is 0 Å². The van der Waals surface area contributed by atoms with E-state index in [0.29, 0.717) is 36.8 Å². The number of aromatic amines is 2. The Hall–Kier alpha value is -2.53. The first kappa shape index (κ1) is 18.3. The predicted octanol–water partition coefficient (Wildman–Crippen LogP) is -0.202. The van der Waals surface area contributed by atoms with Gasteiger partial charge in [-0.2, -0.15) is 5.21 Å². The maximum atomic E-state index is 12.4. The number of hydrogen-bond acceptors (Lipinski definition) is 7. The van der Waals surface area contributed by atoms with Gasteiger partial charge in [0.25, 0.3) is 17.6 Å². The van der Waals surface area contributed by atoms with E-state index in [-0.39, 0.29) is 35.6 Å². The Morgan fingerprint density at radius 1 is 1.46 bits per heavy atom. The van der Waals surface area contributed by atoms with Gasteiger partial charge in [0.2, 0.25) is 0 Å². The number of imidazole rings is 1. The summed E-state index contributed by atoms with van der Waals surface area (Å²) in [4.78, 5) is 33.3. The van der Waals surface area contributed by atoms with Gasteiger partial charge in [-0.1, -0.05) is 18.5 Å². The van der Waals surface area contributed by atoms with E-state index in [4.69, 9.17) is 16.3 Å². The zero-order chi connectivity index (χ0) is 18.7. The highest BCUT2D eigenvalue weighted by atomic mass is 35.5. The van der Waals surface area contributed by atoms with Crippen molar-refractivity contribution in [3.63, 3.8) is 0 Å². The number of nitrogens with one attached hydrogen (secondary N) is 3. The summed E-state index contributed by atoms with van der Waals surface area (Å²) < 4.78 is 5.46. The molecule has 0 unspecified atom stereocenters. The normalized spacial score (nSPS) is 20.2. The highest BCUT2D eigenvalue weighted by molar-refractivity contribution is 6.30. The lowest BCUT2D eigenvalue weighted by atomic mass is 10.0. The van der Waals surface area contributed by atoms with E-state index in [0.717, 1.165) is 0 Å². The van der Waals surface area contributed by atoms with Crippen molar-refractivity contribution in [3.05, 3.63) is 22.5 Å². The lowest BCUT2D eigenvalue weighted by Crippen LogP contribution is -2.56. The van der Waals surface area contributed by atoms with Gasteiger partial charge in [0.05, 0.1) is 17.8 Å². The van der Waals surface area contributed by atoms with Gasteiger partial charge in [0.15, 0.2) is 11.0 Å². The standard InChI is InChI=1S/C14H19ClN8O3/c1-3-7-10(15)18-11(16-7)13(24)17-8-4-5-23(6-9(8)26-2)14(25)12-19-21-22-20-12/h8-9H,3-6H2,1-2H3,(H,16,18)(H,17,24)(H,19,20,21,22)/t8-,9+/m0/s1. The molecule has 1 saturated heterocycles. The van der Waals surface area contributed by atoms with Crippen molar-refractivity contribution in [1.29, 1.82) is 0 Å². The Balaban J connectivity index is 1.64. The summed E-state index contributed by atoms with van der Waals surface area (Å²) in [5.74, 6) is -0.542. The largest absolute Gasteiger partial charge is 0.377 e. The summed E-state index contributed by atoms with van der Waals surface area (Å²) in [5, 5.41) is 16.2. The molecule has 0 aromatic carbocycles. The second-order valence-corrected chi connectivity index (χ2v) is 6.20. The number of aryl methyl sites for hydroxylation is 1. The topological polar surface area (TPSA) is 142 Å². The molecule has 140 valence electrons. The molecule has 0 bridgehead atoms. The fourth-order valence-corrected chi connectivity index (χ4v) is 3.13. The number of aromatic nitrogens is 6. The zero-order valence-electron chi connectivity index (χ0n) is 14.3. The van der Waals surface area contributed by atoms with Gasteiger partial charge in [-0.15, -0.1) is 10.2 Å². The van der Waals surface area contributed by atoms with Gasteiger partial charge in [0.1, 0.15) is 0 Å². The number of carbonyl (C=O) groups excluding carboxylic acids is 2. The average molecular weight is 383 g/mol. The minimum absolute atomic E-state index is 0.000314. The third-order valence-corrected chi connectivity index (χ3v) is 4.61. The lowest BCUT2D eigenvalue weighted by Gasteiger charge is -2.37. The molecule has 12 heteroatoms. The van der Waals surface area contributed by atoms with Crippen LogP contribution in [0.25, 0.3) is 0 Å². The number of H-pyrrole nitrogens is 2. The highest BCUT2D eigenvalue weighted by Crippen LogP contribution is 2.17. The average Bonchev–Trinajstić information content (AvgIpc) is 3.31. The summed E-state index contributed by atoms with van der Waals surface area (Å²) in [6, 6.07) is -0.268. The Labute approximate surface area is 153 Å². The quantitative estimate of drug-likeness (QED) is 0.649. The fourth-order valence-electron chi connectivity index (χ4n) is 2.87. The van der Waals surface area contributed by atoms with Crippen molar-refractivity contribution in [2.45, 2.75) is 31.9 Å². The number of likely N-dealkylation sites (tertiary alicyclic amines) is 1. The van der Waals surface area contributed by atoms with E-state index >= 15 is 0 Å². The monoisotopic (exact) mass is 382 g/mol. The van der Waals surface area contributed by atoms with Crippen LogP contribution in [0.15, 0.2) is 0 Å². The molecule has 0 spiro atoms. The molecule has 1 aliphatic rings. The van der Waals surface area contributed by atoms with E-state index in [9.17, 15) is 9.59 Å². The zero-order valence-corrected chi connectivity index (χ0v) is 15.1. The van der Waals surface area contributed by atoms with Crippen molar-refractivity contribution < 1.29 is 14.3 Å². The SMILES string of the molecule is CCc1[nH]c(C(=O)N[C@H]2CCN(C(=O)c3nn[nH]n3)C[C@H]2OC)nc1Cl. The second-order valence-electron chi connectivity index (χ2n) is 5.84. The number of ether oxygens (including phenoxy) is 1. The minimum Gasteiger partial charge on any atom is -0.377 e. The first-order valence-electron chi connectivity index (χ1n) is 8.14. The Morgan fingerprint density at radius 2 is 2.27 bits per heavy atom. The maximum Gasteiger partial charge on any atom is 0.295 e. The summed E-state index contributed by atoms with van der Waals surface area (Å²) in [6.07, 6.45) is 0.791. The number of methoxy groups -OCH3 is 1. The number of carbonyl (C=O) groups is 2. The Morgan fingerprint density at radius 3 is 2.88 bits per heavy atom. The molecule has 3 rings (SSSR count). The van der Waals surface area contributed by atoms with Crippen LogP contribution in [0, 0.1) is 0 Å². The van der Waals surface area contributed by atoms with Gasteiger partial charge in [-0.05, 0) is 18.1 Å². The lowest BCUT2D eigenvalue weighted by molar-refractivity contribution is 0.00740. The molecular weight excluding hydrogens is 364 g/mol. The third kappa shape index (κ3) is 3.68. The summed E-state index contributed by atoms with van der Waals surface area (Å²) >= 11 is 5.98. The molecule has 2 amide bonds. The number of hydrogen-bond donors (Lipinski definition) is 3. The van der Waals surface area contributed by atoms with Crippen LogP contribution in [0.3, 0.4) is 0 Å². The second kappa shape index (κ2) is 7.79. The molecule has 2 aromatic heterocycles. The van der Waals surface area contributed by atoms with E-state index in [1.54, 1.807) is 4.90 Å². The smallest absolute Gasteiger partial charge is 0.295 e. The van der Waals surface area contributed by atoms with Crippen LogP contribution in [0.1, 0.15) is 40.3 Å². The Kier molecular flexibility index (Phi) is 5.47.